The van der Waals surface area contributed by atoms with Gasteiger partial charge in [-0.25, -0.2) is 8.78 Å². The molecule has 0 saturated carbocycles. The number of benzene rings is 2. The van der Waals surface area contributed by atoms with Crippen molar-refractivity contribution in [3.63, 3.8) is 0 Å². The lowest BCUT2D eigenvalue weighted by molar-refractivity contribution is -0.137. The molecule has 37 heavy (non-hydrogen) atoms. The standard InChI is InChI=1S/C27H27F5N2O3/c1-2-26(28,29)15-25(37)34-11-10-17(20-9-7-18(13-23(20)34)27(30,31)32)12-24(36)33-22-5-3-4-16-6-8-19(35)14-21(16)22/h3-5,7,9,12-13,19,35H,2,6,8,10-11,14-15H2,1H3,(H,33,36). The number of fused-ring (bicyclic) bond motifs is 2. The summed E-state index contributed by atoms with van der Waals surface area (Å²) < 4.78 is 68.0. The number of hydrogen-bond donors (Lipinski definition) is 2. The molecule has 1 heterocycles. The molecule has 1 unspecified atom stereocenters. The smallest absolute Gasteiger partial charge is 0.393 e. The molecule has 5 nitrogen and oxygen atoms in total. The highest BCUT2D eigenvalue weighted by atomic mass is 19.4. The van der Waals surface area contributed by atoms with E-state index < -0.39 is 48.4 Å². The van der Waals surface area contributed by atoms with Crippen molar-refractivity contribution in [3.05, 3.63) is 64.7 Å². The van der Waals surface area contributed by atoms with E-state index in [-0.39, 0.29) is 24.2 Å². The third kappa shape index (κ3) is 6.01. The Hall–Kier alpha value is -3.27. The topological polar surface area (TPSA) is 69.6 Å². The van der Waals surface area contributed by atoms with Crippen LogP contribution in [-0.2, 0) is 28.6 Å². The number of amides is 2. The summed E-state index contributed by atoms with van der Waals surface area (Å²) in [6.07, 6.45) is -3.86. The van der Waals surface area contributed by atoms with Crippen LogP contribution < -0.4 is 10.2 Å². The highest BCUT2D eigenvalue weighted by molar-refractivity contribution is 6.07. The fourth-order valence-corrected chi connectivity index (χ4v) is 4.75. The van der Waals surface area contributed by atoms with Gasteiger partial charge in [0.2, 0.25) is 11.8 Å². The summed E-state index contributed by atoms with van der Waals surface area (Å²) in [6, 6.07) is 8.20. The zero-order chi connectivity index (χ0) is 27.0. The maximum Gasteiger partial charge on any atom is 0.416 e. The Morgan fingerprint density at radius 1 is 1.14 bits per heavy atom. The van der Waals surface area contributed by atoms with E-state index in [4.69, 9.17) is 0 Å². The Morgan fingerprint density at radius 2 is 1.89 bits per heavy atom. The molecule has 0 fully saturated rings. The first-order valence-electron chi connectivity index (χ1n) is 12.1. The van der Waals surface area contributed by atoms with Crippen molar-refractivity contribution in [3.8, 4) is 0 Å². The number of alkyl halides is 5. The lowest BCUT2D eigenvalue weighted by Crippen LogP contribution is -2.38. The quantitative estimate of drug-likeness (QED) is 0.388. The molecule has 2 aromatic rings. The van der Waals surface area contributed by atoms with Gasteiger partial charge in [-0.3, -0.25) is 9.59 Å². The monoisotopic (exact) mass is 522 g/mol. The summed E-state index contributed by atoms with van der Waals surface area (Å²) in [5.74, 6) is -4.78. The minimum Gasteiger partial charge on any atom is -0.393 e. The fraction of sp³-hybridized carbons (Fsp3) is 0.407. The summed E-state index contributed by atoms with van der Waals surface area (Å²) in [5, 5.41) is 12.8. The second kappa shape index (κ2) is 10.2. The third-order valence-corrected chi connectivity index (χ3v) is 6.82. The molecule has 2 aliphatic rings. The first kappa shape index (κ1) is 26.8. The van der Waals surface area contributed by atoms with Crippen LogP contribution in [0.1, 0.15) is 54.9 Å². The Labute approximate surface area is 211 Å². The number of nitrogens with zero attached hydrogens (tertiary/aromatic N) is 1. The van der Waals surface area contributed by atoms with E-state index in [9.17, 15) is 36.6 Å². The van der Waals surface area contributed by atoms with E-state index in [0.29, 0.717) is 30.5 Å². The van der Waals surface area contributed by atoms with Crippen molar-refractivity contribution in [2.45, 2.75) is 63.7 Å². The highest BCUT2D eigenvalue weighted by Gasteiger charge is 2.37. The van der Waals surface area contributed by atoms with E-state index in [2.05, 4.69) is 5.32 Å². The summed E-state index contributed by atoms with van der Waals surface area (Å²) in [7, 11) is 0. The highest BCUT2D eigenvalue weighted by Crippen LogP contribution is 2.40. The van der Waals surface area contributed by atoms with Crippen LogP contribution in [0.5, 0.6) is 0 Å². The summed E-state index contributed by atoms with van der Waals surface area (Å²) in [4.78, 5) is 26.5. The van der Waals surface area contributed by atoms with Crippen molar-refractivity contribution in [2.75, 3.05) is 16.8 Å². The number of rotatable bonds is 5. The Morgan fingerprint density at radius 3 is 2.59 bits per heavy atom. The van der Waals surface area contributed by atoms with Gasteiger partial charge in [0, 0.05) is 36.7 Å². The molecule has 0 bridgehead atoms. The predicted molar refractivity (Wildman–Crippen MR) is 129 cm³/mol. The number of anilines is 2. The van der Waals surface area contributed by atoms with Crippen LogP contribution in [0.25, 0.3) is 5.57 Å². The molecule has 2 aromatic carbocycles. The number of carbonyl (C=O) groups is 2. The number of halogens is 5. The molecular weight excluding hydrogens is 495 g/mol. The molecule has 1 aliphatic carbocycles. The van der Waals surface area contributed by atoms with Gasteiger partial charge in [0.15, 0.2) is 0 Å². The van der Waals surface area contributed by atoms with Crippen LogP contribution in [0.4, 0.5) is 33.3 Å². The lowest BCUT2D eigenvalue weighted by Gasteiger charge is -2.32. The SMILES string of the molecule is CCC(F)(F)CC(=O)N1CCC(=CC(=O)Nc2cccc3c2CC(O)CC3)c2ccc(C(F)(F)F)cc21. The fourth-order valence-electron chi connectivity index (χ4n) is 4.75. The first-order valence-corrected chi connectivity index (χ1v) is 12.1. The van der Waals surface area contributed by atoms with Gasteiger partial charge < -0.3 is 15.3 Å². The molecule has 1 aliphatic heterocycles. The lowest BCUT2D eigenvalue weighted by atomic mass is 9.88. The van der Waals surface area contributed by atoms with Crippen LogP contribution >= 0.6 is 0 Å². The number of aryl methyl sites for hydroxylation is 1. The maximum atomic E-state index is 13.9. The molecule has 10 heteroatoms. The molecule has 2 amide bonds. The predicted octanol–water partition coefficient (Wildman–Crippen LogP) is 5.75. The van der Waals surface area contributed by atoms with E-state index in [1.165, 1.54) is 13.0 Å². The van der Waals surface area contributed by atoms with Crippen molar-refractivity contribution in [1.29, 1.82) is 0 Å². The molecule has 0 aromatic heterocycles. The number of carbonyl (C=O) groups excluding carboxylic acids is 2. The van der Waals surface area contributed by atoms with Crippen molar-refractivity contribution >= 4 is 28.8 Å². The average molecular weight is 523 g/mol. The second-order valence-electron chi connectivity index (χ2n) is 9.41. The Balaban J connectivity index is 1.65. The van der Waals surface area contributed by atoms with Gasteiger partial charge in [0.1, 0.15) is 0 Å². The molecule has 1 atom stereocenters. The number of nitrogens with one attached hydrogen (secondary N) is 1. The van der Waals surface area contributed by atoms with Crippen LogP contribution in [0, 0.1) is 0 Å². The maximum absolute atomic E-state index is 13.9. The van der Waals surface area contributed by atoms with Crippen molar-refractivity contribution < 1.29 is 36.6 Å². The van der Waals surface area contributed by atoms with Gasteiger partial charge in [-0.15, -0.1) is 0 Å². The number of aliphatic hydroxyl groups is 1. The average Bonchev–Trinajstić information content (AvgIpc) is 2.83. The second-order valence-corrected chi connectivity index (χ2v) is 9.41. The molecule has 0 spiro atoms. The van der Waals surface area contributed by atoms with Gasteiger partial charge in [-0.05, 0) is 54.2 Å². The molecule has 198 valence electrons. The Kier molecular flexibility index (Phi) is 7.41. The van der Waals surface area contributed by atoms with E-state index >= 15 is 0 Å². The third-order valence-electron chi connectivity index (χ3n) is 6.82. The molecule has 0 radical (unpaired) electrons. The zero-order valence-electron chi connectivity index (χ0n) is 20.2. The van der Waals surface area contributed by atoms with E-state index in [0.717, 1.165) is 34.2 Å². The van der Waals surface area contributed by atoms with Crippen LogP contribution in [0.3, 0.4) is 0 Å². The van der Waals surface area contributed by atoms with Gasteiger partial charge in [0.05, 0.1) is 23.8 Å². The van der Waals surface area contributed by atoms with Crippen LogP contribution in [0.15, 0.2) is 42.5 Å². The van der Waals surface area contributed by atoms with Crippen molar-refractivity contribution in [2.24, 2.45) is 0 Å². The summed E-state index contributed by atoms with van der Waals surface area (Å²) in [5.41, 5.74) is 1.81. The van der Waals surface area contributed by atoms with Gasteiger partial charge in [0.25, 0.3) is 5.92 Å². The molecular formula is C27H27F5N2O3. The Bertz CT molecular complexity index is 1240. The molecule has 4 rings (SSSR count). The first-order chi connectivity index (χ1) is 17.4. The van der Waals surface area contributed by atoms with Gasteiger partial charge >= 0.3 is 6.18 Å². The van der Waals surface area contributed by atoms with E-state index in [1.54, 1.807) is 12.1 Å². The molecule has 0 saturated heterocycles. The molecule has 2 N–H and O–H groups in total. The zero-order valence-corrected chi connectivity index (χ0v) is 20.2. The van der Waals surface area contributed by atoms with Crippen molar-refractivity contribution in [1.82, 2.24) is 0 Å². The minimum atomic E-state index is -4.70. The number of hydrogen-bond acceptors (Lipinski definition) is 3. The number of aliphatic hydroxyl groups excluding tert-OH is 1. The summed E-state index contributed by atoms with van der Waals surface area (Å²) in [6.45, 7) is 1.09. The largest absolute Gasteiger partial charge is 0.416 e. The van der Waals surface area contributed by atoms with Crippen LogP contribution in [-0.4, -0.2) is 35.5 Å². The van der Waals surface area contributed by atoms with E-state index in [1.807, 2.05) is 6.07 Å². The normalized spacial score (nSPS) is 18.8. The van der Waals surface area contributed by atoms with Gasteiger partial charge in [-0.1, -0.05) is 25.1 Å². The van der Waals surface area contributed by atoms with Crippen LogP contribution in [0.2, 0.25) is 0 Å². The minimum absolute atomic E-state index is 0.0980. The summed E-state index contributed by atoms with van der Waals surface area (Å²) >= 11 is 0. The van der Waals surface area contributed by atoms with Gasteiger partial charge in [-0.2, -0.15) is 13.2 Å².